The van der Waals surface area contributed by atoms with Crippen molar-refractivity contribution in [2.24, 2.45) is 0 Å². The molecule has 3 aromatic rings. The van der Waals surface area contributed by atoms with E-state index >= 15 is 0 Å². The molecule has 26 heavy (non-hydrogen) atoms. The highest BCUT2D eigenvalue weighted by Gasteiger charge is 2.11. The van der Waals surface area contributed by atoms with Crippen LogP contribution in [-0.2, 0) is 16.4 Å². The monoisotopic (exact) mass is 387 g/mol. The maximum absolute atomic E-state index is 12.2. The van der Waals surface area contributed by atoms with Crippen molar-refractivity contribution in [3.8, 4) is 0 Å². The highest BCUT2D eigenvalue weighted by Crippen LogP contribution is 2.24. The van der Waals surface area contributed by atoms with Gasteiger partial charge in [0.2, 0.25) is 10.0 Å². The number of aryl methyl sites for hydroxylation is 1. The molecule has 0 spiro atoms. The number of sulfonamides is 1. The molecule has 0 radical (unpaired) electrons. The van der Waals surface area contributed by atoms with Gasteiger partial charge in [0.05, 0.1) is 28.3 Å². The largest absolute Gasteiger partial charge is 0.353 e. The van der Waals surface area contributed by atoms with Crippen molar-refractivity contribution >= 4 is 38.8 Å². The minimum atomic E-state index is -3.47. The predicted molar refractivity (Wildman–Crippen MR) is 107 cm³/mol. The molecule has 5 nitrogen and oxygen atoms in total. The molecule has 0 atom stereocenters. The zero-order valence-electron chi connectivity index (χ0n) is 13.9. The molecule has 0 saturated carbocycles. The lowest BCUT2D eigenvalue weighted by Crippen LogP contribution is -2.18. The Balaban J connectivity index is 1.60. The van der Waals surface area contributed by atoms with Gasteiger partial charge in [0.25, 0.3) is 0 Å². The van der Waals surface area contributed by atoms with Gasteiger partial charge in [-0.15, -0.1) is 0 Å². The number of nitrogens with one attached hydrogen (secondary N) is 2. The highest BCUT2D eigenvalue weighted by atomic mass is 35.5. The standard InChI is InChI=1S/C19H18ClN3O2S/c20-17-8-4-5-9-18(17)22-16-10-11-19(21-14-16)23-26(24,25)13-12-15-6-2-1-3-7-15/h1-11,14,22H,12-13H2,(H,21,23). The third-order valence-corrected chi connectivity index (χ3v) is 5.27. The second-order valence-corrected chi connectivity index (χ2v) is 7.94. The van der Waals surface area contributed by atoms with E-state index in [9.17, 15) is 8.42 Å². The maximum atomic E-state index is 12.2. The van der Waals surface area contributed by atoms with Gasteiger partial charge < -0.3 is 5.32 Å². The molecule has 2 aromatic carbocycles. The summed E-state index contributed by atoms with van der Waals surface area (Å²) in [4.78, 5) is 4.15. The van der Waals surface area contributed by atoms with Crippen molar-refractivity contribution in [1.82, 2.24) is 4.98 Å². The molecule has 1 aromatic heterocycles. The van der Waals surface area contributed by atoms with E-state index in [0.717, 1.165) is 11.3 Å². The van der Waals surface area contributed by atoms with Gasteiger partial charge in [0.15, 0.2) is 0 Å². The van der Waals surface area contributed by atoms with Crippen LogP contribution in [0.25, 0.3) is 0 Å². The topological polar surface area (TPSA) is 71.1 Å². The summed E-state index contributed by atoms with van der Waals surface area (Å²) < 4.78 is 26.9. The van der Waals surface area contributed by atoms with Crippen LogP contribution in [0.3, 0.4) is 0 Å². The molecule has 0 unspecified atom stereocenters. The van der Waals surface area contributed by atoms with Crippen LogP contribution >= 0.6 is 11.6 Å². The van der Waals surface area contributed by atoms with Crippen molar-refractivity contribution in [3.63, 3.8) is 0 Å². The number of rotatable bonds is 7. The molecule has 7 heteroatoms. The van der Waals surface area contributed by atoms with Crippen molar-refractivity contribution in [1.29, 1.82) is 0 Å². The van der Waals surface area contributed by atoms with Crippen molar-refractivity contribution in [2.75, 3.05) is 15.8 Å². The van der Waals surface area contributed by atoms with Crippen molar-refractivity contribution in [2.45, 2.75) is 6.42 Å². The summed E-state index contributed by atoms with van der Waals surface area (Å²) in [6.07, 6.45) is 2.00. The molecule has 3 rings (SSSR count). The van der Waals surface area contributed by atoms with Crippen LogP contribution in [0, 0.1) is 0 Å². The molecule has 0 saturated heterocycles. The molecule has 0 bridgehead atoms. The summed E-state index contributed by atoms with van der Waals surface area (Å²) in [6.45, 7) is 0. The molecule has 0 fully saturated rings. The highest BCUT2D eigenvalue weighted by molar-refractivity contribution is 7.92. The number of para-hydroxylation sites is 1. The molecular weight excluding hydrogens is 370 g/mol. The number of nitrogens with zero attached hydrogens (tertiary/aromatic N) is 1. The molecule has 0 aliphatic rings. The van der Waals surface area contributed by atoms with Gasteiger partial charge in [-0.05, 0) is 36.2 Å². The maximum Gasteiger partial charge on any atom is 0.234 e. The Labute approximate surface area is 158 Å². The SMILES string of the molecule is O=S(=O)(CCc1ccccc1)Nc1ccc(Nc2ccccc2Cl)cn1. The van der Waals surface area contributed by atoms with Crippen LogP contribution < -0.4 is 10.0 Å². The fourth-order valence-corrected chi connectivity index (χ4v) is 3.58. The second-order valence-electron chi connectivity index (χ2n) is 5.69. The lowest BCUT2D eigenvalue weighted by molar-refractivity contribution is 0.600. The number of hydrogen-bond donors (Lipinski definition) is 2. The summed E-state index contributed by atoms with van der Waals surface area (Å²) >= 11 is 6.10. The normalized spacial score (nSPS) is 11.1. The summed E-state index contributed by atoms with van der Waals surface area (Å²) in [6, 6.07) is 20.2. The average molecular weight is 388 g/mol. The quantitative estimate of drug-likeness (QED) is 0.627. The van der Waals surface area contributed by atoms with Gasteiger partial charge in [-0.25, -0.2) is 13.4 Å². The third-order valence-electron chi connectivity index (χ3n) is 3.68. The van der Waals surface area contributed by atoms with Crippen molar-refractivity contribution < 1.29 is 8.42 Å². The summed E-state index contributed by atoms with van der Waals surface area (Å²) in [7, 11) is -3.47. The van der Waals surface area contributed by atoms with E-state index in [1.165, 1.54) is 0 Å². The van der Waals surface area contributed by atoms with Crippen LogP contribution in [0.15, 0.2) is 72.9 Å². The van der Waals surface area contributed by atoms with E-state index in [0.29, 0.717) is 17.1 Å². The first-order valence-electron chi connectivity index (χ1n) is 8.04. The van der Waals surface area contributed by atoms with E-state index in [-0.39, 0.29) is 11.6 Å². The predicted octanol–water partition coefficient (Wildman–Crippen LogP) is 4.46. The Hall–Kier alpha value is -2.57. The molecule has 1 heterocycles. The first-order chi connectivity index (χ1) is 12.5. The van der Waals surface area contributed by atoms with Crippen LogP contribution in [0.2, 0.25) is 5.02 Å². The van der Waals surface area contributed by atoms with E-state index < -0.39 is 10.0 Å². The van der Waals surface area contributed by atoms with Gasteiger partial charge in [-0.3, -0.25) is 4.72 Å². The Bertz CT molecular complexity index is 962. The second kappa shape index (κ2) is 8.21. The van der Waals surface area contributed by atoms with Crippen LogP contribution in [-0.4, -0.2) is 19.2 Å². The Morgan fingerprint density at radius 1 is 0.923 bits per heavy atom. The zero-order chi connectivity index (χ0) is 18.4. The van der Waals surface area contributed by atoms with Gasteiger partial charge in [0.1, 0.15) is 5.82 Å². The molecule has 2 N–H and O–H groups in total. The number of pyridine rings is 1. The zero-order valence-corrected chi connectivity index (χ0v) is 15.5. The molecule has 0 amide bonds. The average Bonchev–Trinajstić information content (AvgIpc) is 2.64. The molecule has 0 aliphatic heterocycles. The van der Waals surface area contributed by atoms with Gasteiger partial charge in [-0.1, -0.05) is 54.1 Å². The van der Waals surface area contributed by atoms with Crippen LogP contribution in [0.1, 0.15) is 5.56 Å². The van der Waals surface area contributed by atoms with E-state index in [1.54, 1.807) is 24.4 Å². The van der Waals surface area contributed by atoms with E-state index in [4.69, 9.17) is 11.6 Å². The van der Waals surface area contributed by atoms with Gasteiger partial charge in [0, 0.05) is 0 Å². The van der Waals surface area contributed by atoms with Crippen LogP contribution in [0.5, 0.6) is 0 Å². The minimum absolute atomic E-state index is 0.00167. The summed E-state index contributed by atoms with van der Waals surface area (Å²) in [5, 5.41) is 3.73. The Kier molecular flexibility index (Phi) is 5.75. The number of anilines is 3. The number of aromatic nitrogens is 1. The van der Waals surface area contributed by atoms with E-state index in [2.05, 4.69) is 15.0 Å². The number of hydrogen-bond acceptors (Lipinski definition) is 4. The smallest absolute Gasteiger partial charge is 0.234 e. The number of halogens is 1. The Morgan fingerprint density at radius 2 is 1.65 bits per heavy atom. The Morgan fingerprint density at radius 3 is 2.35 bits per heavy atom. The first kappa shape index (κ1) is 18.2. The minimum Gasteiger partial charge on any atom is -0.353 e. The van der Waals surface area contributed by atoms with Gasteiger partial charge in [-0.2, -0.15) is 0 Å². The summed E-state index contributed by atoms with van der Waals surface area (Å²) in [5.41, 5.74) is 2.45. The lowest BCUT2D eigenvalue weighted by atomic mass is 10.2. The molecular formula is C19H18ClN3O2S. The lowest BCUT2D eigenvalue weighted by Gasteiger charge is -2.10. The number of benzene rings is 2. The van der Waals surface area contributed by atoms with Gasteiger partial charge >= 0.3 is 0 Å². The fraction of sp³-hybridized carbons (Fsp3) is 0.105. The van der Waals surface area contributed by atoms with E-state index in [1.807, 2.05) is 48.5 Å². The third kappa shape index (κ3) is 5.21. The first-order valence-corrected chi connectivity index (χ1v) is 10.1. The van der Waals surface area contributed by atoms with Crippen molar-refractivity contribution in [3.05, 3.63) is 83.5 Å². The fourth-order valence-electron chi connectivity index (χ4n) is 2.35. The molecule has 134 valence electrons. The summed E-state index contributed by atoms with van der Waals surface area (Å²) in [5.74, 6) is 0.279. The molecule has 0 aliphatic carbocycles. The van der Waals surface area contributed by atoms with Crippen LogP contribution in [0.4, 0.5) is 17.2 Å².